The van der Waals surface area contributed by atoms with Crippen LogP contribution in [0.5, 0.6) is 0 Å². The summed E-state index contributed by atoms with van der Waals surface area (Å²) in [4.78, 5) is 24.1. The highest BCUT2D eigenvalue weighted by molar-refractivity contribution is 5.85. The summed E-state index contributed by atoms with van der Waals surface area (Å²) in [6.45, 7) is 5.76. The van der Waals surface area contributed by atoms with Crippen molar-refractivity contribution >= 4 is 11.8 Å². The van der Waals surface area contributed by atoms with Gasteiger partial charge in [0.2, 0.25) is 11.7 Å². The molecule has 3 aromatic rings. The number of piperazine rings is 1. The highest BCUT2D eigenvalue weighted by Gasteiger charge is 2.21. The van der Waals surface area contributed by atoms with Crippen LogP contribution in [0.25, 0.3) is 11.4 Å². The third-order valence-corrected chi connectivity index (χ3v) is 4.79. The molecule has 0 spiro atoms. The van der Waals surface area contributed by atoms with Crippen LogP contribution < -0.4 is 4.90 Å². The highest BCUT2D eigenvalue weighted by atomic mass is 16.5. The fraction of sp³-hybridized carbons (Fsp3) is 0.300. The van der Waals surface area contributed by atoms with Gasteiger partial charge in [-0.3, -0.25) is 4.90 Å². The molecule has 1 fully saturated rings. The molecule has 0 aliphatic carbocycles. The number of hydrogen-bond donors (Lipinski definition) is 1. The molecule has 144 valence electrons. The quantitative estimate of drug-likeness (QED) is 0.722. The lowest BCUT2D eigenvalue weighted by molar-refractivity contribution is 0.0690. The molecule has 0 amide bonds. The van der Waals surface area contributed by atoms with Crippen molar-refractivity contribution in [3.05, 3.63) is 59.6 Å². The Kier molecular flexibility index (Phi) is 5.03. The lowest BCUT2D eigenvalue weighted by Crippen LogP contribution is -2.46. The molecule has 8 heteroatoms. The number of aryl methyl sites for hydroxylation is 1. The second kappa shape index (κ2) is 7.77. The second-order valence-electron chi connectivity index (χ2n) is 6.83. The Balaban J connectivity index is 1.35. The zero-order valence-corrected chi connectivity index (χ0v) is 15.6. The summed E-state index contributed by atoms with van der Waals surface area (Å²) in [5, 5.41) is 13.2. The fourth-order valence-corrected chi connectivity index (χ4v) is 3.18. The van der Waals surface area contributed by atoms with Crippen molar-refractivity contribution < 1.29 is 14.4 Å². The number of pyridine rings is 1. The molecule has 0 bridgehead atoms. The van der Waals surface area contributed by atoms with E-state index in [1.807, 2.05) is 37.3 Å². The zero-order valence-electron chi connectivity index (χ0n) is 15.6. The van der Waals surface area contributed by atoms with Crippen molar-refractivity contribution in [2.75, 3.05) is 31.1 Å². The number of aromatic carboxylic acids is 1. The van der Waals surface area contributed by atoms with E-state index in [4.69, 9.17) is 9.63 Å². The molecule has 0 atom stereocenters. The number of carbonyl (C=O) groups is 1. The average Bonchev–Trinajstić information content (AvgIpc) is 3.17. The lowest BCUT2D eigenvalue weighted by atomic mass is 10.1. The third kappa shape index (κ3) is 4.01. The summed E-state index contributed by atoms with van der Waals surface area (Å²) in [5.74, 6) is 0.874. The van der Waals surface area contributed by atoms with E-state index in [1.165, 1.54) is 11.6 Å². The van der Waals surface area contributed by atoms with Gasteiger partial charge in [-0.2, -0.15) is 4.98 Å². The normalized spacial score (nSPS) is 15.0. The molecule has 3 heterocycles. The first-order valence-corrected chi connectivity index (χ1v) is 9.16. The maximum atomic E-state index is 11.1. The molecule has 1 saturated heterocycles. The Morgan fingerprint density at radius 2 is 1.82 bits per heavy atom. The maximum Gasteiger partial charge on any atom is 0.354 e. The molecular formula is C20H21N5O3. The van der Waals surface area contributed by atoms with Gasteiger partial charge in [0.25, 0.3) is 0 Å². The topological polar surface area (TPSA) is 95.6 Å². The SMILES string of the molecule is Cc1ccc(-c2noc(CN3CCN(c4cccc(C(=O)O)n4)CC3)n2)cc1. The Morgan fingerprint density at radius 1 is 1.07 bits per heavy atom. The van der Waals surface area contributed by atoms with Crippen LogP contribution in [-0.2, 0) is 6.54 Å². The van der Waals surface area contributed by atoms with Crippen LogP contribution in [0.15, 0.2) is 47.0 Å². The second-order valence-corrected chi connectivity index (χ2v) is 6.83. The molecular weight excluding hydrogens is 358 g/mol. The van der Waals surface area contributed by atoms with Crippen molar-refractivity contribution in [2.45, 2.75) is 13.5 Å². The molecule has 2 aromatic heterocycles. The fourth-order valence-electron chi connectivity index (χ4n) is 3.18. The van der Waals surface area contributed by atoms with Crippen LogP contribution in [0.1, 0.15) is 21.9 Å². The Bertz CT molecular complexity index is 962. The monoisotopic (exact) mass is 379 g/mol. The number of anilines is 1. The van der Waals surface area contributed by atoms with Crippen LogP contribution in [0.2, 0.25) is 0 Å². The van der Waals surface area contributed by atoms with Crippen molar-refractivity contribution in [3.8, 4) is 11.4 Å². The van der Waals surface area contributed by atoms with Crippen molar-refractivity contribution in [1.29, 1.82) is 0 Å². The van der Waals surface area contributed by atoms with Gasteiger partial charge in [0, 0.05) is 31.7 Å². The van der Waals surface area contributed by atoms with Crippen molar-refractivity contribution in [1.82, 2.24) is 20.0 Å². The van der Waals surface area contributed by atoms with E-state index in [1.54, 1.807) is 6.07 Å². The van der Waals surface area contributed by atoms with E-state index in [-0.39, 0.29) is 5.69 Å². The average molecular weight is 379 g/mol. The van der Waals surface area contributed by atoms with E-state index in [0.29, 0.717) is 24.1 Å². The van der Waals surface area contributed by atoms with Crippen molar-refractivity contribution in [2.24, 2.45) is 0 Å². The lowest BCUT2D eigenvalue weighted by Gasteiger charge is -2.34. The molecule has 0 radical (unpaired) electrons. The van der Waals surface area contributed by atoms with Gasteiger partial charge in [-0.1, -0.05) is 41.1 Å². The van der Waals surface area contributed by atoms with Gasteiger partial charge in [-0.15, -0.1) is 0 Å². The number of aromatic nitrogens is 3. The molecule has 4 rings (SSSR count). The van der Waals surface area contributed by atoms with Gasteiger partial charge in [-0.05, 0) is 19.1 Å². The minimum atomic E-state index is -1.01. The molecule has 28 heavy (non-hydrogen) atoms. The largest absolute Gasteiger partial charge is 0.477 e. The molecule has 0 unspecified atom stereocenters. The van der Waals surface area contributed by atoms with Gasteiger partial charge in [0.05, 0.1) is 6.54 Å². The maximum absolute atomic E-state index is 11.1. The zero-order chi connectivity index (χ0) is 19.5. The summed E-state index contributed by atoms with van der Waals surface area (Å²) in [5.41, 5.74) is 2.19. The first-order valence-electron chi connectivity index (χ1n) is 9.16. The Morgan fingerprint density at radius 3 is 2.54 bits per heavy atom. The number of nitrogens with zero attached hydrogens (tertiary/aromatic N) is 5. The minimum absolute atomic E-state index is 0.0643. The molecule has 0 saturated carbocycles. The number of carboxylic acid groups (broad SMARTS) is 1. The van der Waals surface area contributed by atoms with Gasteiger partial charge in [-0.25, -0.2) is 9.78 Å². The highest BCUT2D eigenvalue weighted by Crippen LogP contribution is 2.18. The molecule has 1 aliphatic rings. The third-order valence-electron chi connectivity index (χ3n) is 4.79. The summed E-state index contributed by atoms with van der Waals surface area (Å²) >= 11 is 0. The van der Waals surface area contributed by atoms with E-state index >= 15 is 0 Å². The summed E-state index contributed by atoms with van der Waals surface area (Å²) in [6.07, 6.45) is 0. The van der Waals surface area contributed by atoms with Crippen molar-refractivity contribution in [3.63, 3.8) is 0 Å². The summed E-state index contributed by atoms with van der Waals surface area (Å²) in [7, 11) is 0. The van der Waals surface area contributed by atoms with Gasteiger partial charge < -0.3 is 14.5 Å². The first-order chi connectivity index (χ1) is 13.6. The number of hydrogen-bond acceptors (Lipinski definition) is 7. The van der Waals surface area contributed by atoms with E-state index in [2.05, 4.69) is 24.9 Å². The Hall–Kier alpha value is -3.26. The minimum Gasteiger partial charge on any atom is -0.477 e. The predicted molar refractivity (Wildman–Crippen MR) is 103 cm³/mol. The summed E-state index contributed by atoms with van der Waals surface area (Å²) in [6, 6.07) is 13.1. The molecule has 1 aromatic carbocycles. The van der Waals surface area contributed by atoms with Gasteiger partial charge in [0.15, 0.2) is 5.69 Å². The van der Waals surface area contributed by atoms with E-state index < -0.39 is 5.97 Å². The summed E-state index contributed by atoms with van der Waals surface area (Å²) < 4.78 is 5.41. The van der Waals surface area contributed by atoms with E-state index in [0.717, 1.165) is 31.7 Å². The van der Waals surface area contributed by atoms with Crippen LogP contribution in [0.4, 0.5) is 5.82 Å². The van der Waals surface area contributed by atoms with Gasteiger partial charge in [0.1, 0.15) is 5.82 Å². The standard InChI is InChI=1S/C20H21N5O3/c1-14-5-7-15(8-6-14)19-22-18(28-23-19)13-24-9-11-25(12-10-24)17-4-2-3-16(21-17)20(26)27/h2-8H,9-13H2,1H3,(H,26,27). The smallest absolute Gasteiger partial charge is 0.354 e. The molecule has 1 aliphatic heterocycles. The first kappa shape index (κ1) is 18.1. The van der Waals surface area contributed by atoms with E-state index in [9.17, 15) is 4.79 Å². The number of carboxylic acids is 1. The molecule has 1 N–H and O–H groups in total. The van der Waals surface area contributed by atoms with Crippen LogP contribution >= 0.6 is 0 Å². The van der Waals surface area contributed by atoms with Gasteiger partial charge >= 0.3 is 5.97 Å². The van der Waals surface area contributed by atoms with Crippen LogP contribution in [-0.4, -0.2) is 57.3 Å². The Labute approximate surface area is 162 Å². The molecule has 8 nitrogen and oxygen atoms in total. The number of rotatable bonds is 5. The predicted octanol–water partition coefficient (Wildman–Crippen LogP) is 2.46. The number of benzene rings is 1. The van der Waals surface area contributed by atoms with Crippen LogP contribution in [0.3, 0.4) is 0 Å². The van der Waals surface area contributed by atoms with Crippen LogP contribution in [0, 0.1) is 6.92 Å².